The second kappa shape index (κ2) is 6.86. The van der Waals surface area contributed by atoms with Gasteiger partial charge in [0.05, 0.1) is 0 Å². The van der Waals surface area contributed by atoms with E-state index in [-0.39, 0.29) is 5.41 Å². The number of aryl methyl sites for hydroxylation is 1. The third-order valence-corrected chi connectivity index (χ3v) is 3.78. The summed E-state index contributed by atoms with van der Waals surface area (Å²) in [4.78, 5) is 11.6. The van der Waals surface area contributed by atoms with Gasteiger partial charge in [-0.3, -0.25) is 0 Å². The molecule has 0 saturated carbocycles. The molecule has 2 aromatic rings. The number of carboxylic acid groups (broad SMARTS) is 1. The lowest BCUT2D eigenvalue weighted by Crippen LogP contribution is -2.30. The fourth-order valence-corrected chi connectivity index (χ4v) is 2.46. The molecule has 0 radical (unpaired) electrons. The van der Waals surface area contributed by atoms with Gasteiger partial charge in [0, 0.05) is 6.42 Å². The fourth-order valence-electron chi connectivity index (χ4n) is 2.46. The van der Waals surface area contributed by atoms with Crippen LogP contribution in [-0.4, -0.2) is 17.2 Å². The number of carboxylic acids is 1. The van der Waals surface area contributed by atoms with Gasteiger partial charge in [0.15, 0.2) is 6.10 Å². The lowest BCUT2D eigenvalue weighted by molar-refractivity contribution is -0.145. The van der Waals surface area contributed by atoms with Crippen LogP contribution in [0.3, 0.4) is 0 Å². The van der Waals surface area contributed by atoms with E-state index in [4.69, 9.17) is 4.74 Å². The number of ether oxygens (including phenoxy) is 1. The third-order valence-electron chi connectivity index (χ3n) is 3.78. The Bertz CT molecular complexity index is 666. The summed E-state index contributed by atoms with van der Waals surface area (Å²) >= 11 is 0. The van der Waals surface area contributed by atoms with Crippen molar-refractivity contribution in [3.8, 4) is 5.75 Å². The Morgan fingerprint density at radius 3 is 2.26 bits per heavy atom. The quantitative estimate of drug-likeness (QED) is 0.892. The minimum atomic E-state index is -0.950. The first-order valence-corrected chi connectivity index (χ1v) is 7.82. The van der Waals surface area contributed by atoms with Crippen LogP contribution in [0.15, 0.2) is 48.5 Å². The molecule has 0 fully saturated rings. The molecule has 0 saturated heterocycles. The van der Waals surface area contributed by atoms with Crippen molar-refractivity contribution in [3.05, 3.63) is 65.2 Å². The average Bonchev–Trinajstić information content (AvgIpc) is 2.48. The lowest BCUT2D eigenvalue weighted by Gasteiger charge is -2.24. The molecule has 3 heteroatoms. The Balaban J connectivity index is 2.24. The molecular formula is C20H24O3. The summed E-state index contributed by atoms with van der Waals surface area (Å²) in [5, 5.41) is 9.52. The van der Waals surface area contributed by atoms with E-state index in [2.05, 4.69) is 20.8 Å². The highest BCUT2D eigenvalue weighted by molar-refractivity contribution is 5.73. The predicted molar refractivity (Wildman–Crippen MR) is 92.1 cm³/mol. The molecular weight excluding hydrogens is 288 g/mol. The molecule has 0 aromatic heterocycles. The summed E-state index contributed by atoms with van der Waals surface area (Å²) in [6.07, 6.45) is -0.560. The SMILES string of the molecule is Cc1ccc(C[C@H](Oc2ccccc2C(C)(C)C)C(=O)O)cc1. The van der Waals surface area contributed by atoms with Crippen molar-refractivity contribution in [3.63, 3.8) is 0 Å². The van der Waals surface area contributed by atoms with Crippen LogP contribution in [0.4, 0.5) is 0 Å². The summed E-state index contributed by atoms with van der Waals surface area (Å²) in [6.45, 7) is 8.27. The molecule has 1 atom stereocenters. The van der Waals surface area contributed by atoms with Gasteiger partial charge < -0.3 is 9.84 Å². The van der Waals surface area contributed by atoms with E-state index in [1.165, 1.54) is 0 Å². The van der Waals surface area contributed by atoms with Crippen molar-refractivity contribution < 1.29 is 14.6 Å². The minimum Gasteiger partial charge on any atom is -0.478 e. The normalized spacial score (nSPS) is 12.7. The van der Waals surface area contributed by atoms with Crippen molar-refractivity contribution in [1.29, 1.82) is 0 Å². The highest BCUT2D eigenvalue weighted by Gasteiger charge is 2.24. The number of benzene rings is 2. The Morgan fingerprint density at radius 1 is 1.09 bits per heavy atom. The van der Waals surface area contributed by atoms with E-state index in [1.807, 2.05) is 55.5 Å². The van der Waals surface area contributed by atoms with Gasteiger partial charge in [0.2, 0.25) is 0 Å². The van der Waals surface area contributed by atoms with Crippen molar-refractivity contribution in [2.24, 2.45) is 0 Å². The second-order valence-corrected chi connectivity index (χ2v) is 6.88. The van der Waals surface area contributed by atoms with E-state index in [1.54, 1.807) is 0 Å². The summed E-state index contributed by atoms with van der Waals surface area (Å²) in [7, 11) is 0. The molecule has 3 nitrogen and oxygen atoms in total. The summed E-state index contributed by atoms with van der Waals surface area (Å²) in [5.41, 5.74) is 3.01. The Labute approximate surface area is 137 Å². The highest BCUT2D eigenvalue weighted by atomic mass is 16.5. The van der Waals surface area contributed by atoms with Gasteiger partial charge in [-0.2, -0.15) is 0 Å². The largest absolute Gasteiger partial charge is 0.478 e. The van der Waals surface area contributed by atoms with Gasteiger partial charge in [-0.1, -0.05) is 68.8 Å². The minimum absolute atomic E-state index is 0.108. The topological polar surface area (TPSA) is 46.5 Å². The summed E-state index contributed by atoms with van der Waals surface area (Å²) < 4.78 is 5.87. The second-order valence-electron chi connectivity index (χ2n) is 6.88. The first-order valence-electron chi connectivity index (χ1n) is 7.82. The molecule has 1 N–H and O–H groups in total. The van der Waals surface area contributed by atoms with E-state index in [9.17, 15) is 9.90 Å². The number of para-hydroxylation sites is 1. The van der Waals surface area contributed by atoms with Crippen LogP contribution in [0.5, 0.6) is 5.75 Å². The van der Waals surface area contributed by atoms with Gasteiger partial charge in [0.25, 0.3) is 0 Å². The van der Waals surface area contributed by atoms with Crippen LogP contribution in [-0.2, 0) is 16.6 Å². The molecule has 122 valence electrons. The van der Waals surface area contributed by atoms with Gasteiger partial charge >= 0.3 is 5.97 Å². The lowest BCUT2D eigenvalue weighted by atomic mass is 9.86. The molecule has 0 bridgehead atoms. The molecule has 0 spiro atoms. The maximum Gasteiger partial charge on any atom is 0.345 e. The van der Waals surface area contributed by atoms with Crippen molar-refractivity contribution >= 4 is 5.97 Å². The average molecular weight is 312 g/mol. The van der Waals surface area contributed by atoms with Crippen molar-refractivity contribution in [2.45, 2.75) is 45.6 Å². The van der Waals surface area contributed by atoms with Gasteiger partial charge in [0.1, 0.15) is 5.75 Å². The zero-order valence-electron chi connectivity index (χ0n) is 14.2. The summed E-state index contributed by atoms with van der Waals surface area (Å²) in [6, 6.07) is 15.5. The van der Waals surface area contributed by atoms with Gasteiger partial charge in [-0.05, 0) is 29.5 Å². The predicted octanol–water partition coefficient (Wildman–Crippen LogP) is 4.37. The molecule has 0 heterocycles. The van der Waals surface area contributed by atoms with Crippen LogP contribution in [0.25, 0.3) is 0 Å². The molecule has 0 aliphatic carbocycles. The Morgan fingerprint density at radius 2 is 1.70 bits per heavy atom. The fraction of sp³-hybridized carbons (Fsp3) is 0.350. The van der Waals surface area contributed by atoms with Crippen LogP contribution >= 0.6 is 0 Å². The van der Waals surface area contributed by atoms with Crippen LogP contribution in [0, 0.1) is 6.92 Å². The van der Waals surface area contributed by atoms with Crippen LogP contribution in [0.1, 0.15) is 37.5 Å². The highest BCUT2D eigenvalue weighted by Crippen LogP contribution is 2.31. The number of rotatable bonds is 5. The number of hydrogen-bond acceptors (Lipinski definition) is 2. The first kappa shape index (κ1) is 17.1. The molecule has 0 aliphatic rings. The van der Waals surface area contributed by atoms with Crippen LogP contribution < -0.4 is 4.74 Å². The summed E-state index contributed by atoms with van der Waals surface area (Å²) in [5.74, 6) is -0.311. The van der Waals surface area contributed by atoms with E-state index >= 15 is 0 Å². The molecule has 2 rings (SSSR count). The van der Waals surface area contributed by atoms with E-state index < -0.39 is 12.1 Å². The zero-order chi connectivity index (χ0) is 17.0. The maximum absolute atomic E-state index is 11.6. The molecule has 0 aliphatic heterocycles. The molecule has 0 unspecified atom stereocenters. The van der Waals surface area contributed by atoms with Gasteiger partial charge in [-0.15, -0.1) is 0 Å². The third kappa shape index (κ3) is 4.59. The number of carbonyl (C=O) groups is 1. The van der Waals surface area contributed by atoms with Crippen molar-refractivity contribution in [1.82, 2.24) is 0 Å². The Hall–Kier alpha value is -2.29. The molecule has 0 amide bonds. The standard InChI is InChI=1S/C20H24O3/c1-14-9-11-15(12-10-14)13-18(19(21)22)23-17-8-6-5-7-16(17)20(2,3)4/h5-12,18H,13H2,1-4H3,(H,21,22)/t18-/m0/s1. The number of aliphatic carboxylic acids is 1. The van der Waals surface area contributed by atoms with Crippen molar-refractivity contribution in [2.75, 3.05) is 0 Å². The zero-order valence-corrected chi connectivity index (χ0v) is 14.2. The molecule has 23 heavy (non-hydrogen) atoms. The maximum atomic E-state index is 11.6. The Kier molecular flexibility index (Phi) is 5.09. The van der Waals surface area contributed by atoms with E-state index in [0.717, 1.165) is 16.7 Å². The van der Waals surface area contributed by atoms with Crippen LogP contribution in [0.2, 0.25) is 0 Å². The van der Waals surface area contributed by atoms with E-state index in [0.29, 0.717) is 12.2 Å². The first-order chi connectivity index (χ1) is 10.8. The van der Waals surface area contributed by atoms with Gasteiger partial charge in [-0.25, -0.2) is 4.79 Å². The monoisotopic (exact) mass is 312 g/mol. The number of hydrogen-bond donors (Lipinski definition) is 1. The smallest absolute Gasteiger partial charge is 0.345 e. The molecule has 2 aromatic carbocycles.